The fraction of sp³-hybridized carbons (Fsp3) is 0.467. The molecule has 0 atom stereocenters. The predicted octanol–water partition coefficient (Wildman–Crippen LogP) is 2.42. The first-order valence-electron chi connectivity index (χ1n) is 7.25. The van der Waals surface area contributed by atoms with Crippen LogP contribution in [0.4, 0.5) is 4.79 Å². The molecule has 0 fully saturated rings. The highest BCUT2D eigenvalue weighted by Crippen LogP contribution is 2.06. The van der Waals surface area contributed by atoms with E-state index in [2.05, 4.69) is 39.2 Å². The molecule has 0 aliphatic rings. The Hall–Kier alpha value is -1.90. The predicted molar refractivity (Wildman–Crippen MR) is 84.8 cm³/mol. The van der Waals surface area contributed by atoms with Crippen molar-refractivity contribution in [2.45, 2.75) is 26.6 Å². The third kappa shape index (κ3) is 7.27. The van der Waals surface area contributed by atoms with Crippen LogP contribution >= 0.6 is 0 Å². The first-order valence-corrected chi connectivity index (χ1v) is 10.7. The van der Waals surface area contributed by atoms with Gasteiger partial charge in [0.1, 0.15) is 6.61 Å². The van der Waals surface area contributed by atoms with Gasteiger partial charge in [0.15, 0.2) is 0 Å². The van der Waals surface area contributed by atoms with Crippen molar-refractivity contribution in [2.75, 3.05) is 19.8 Å². The van der Waals surface area contributed by atoms with Crippen molar-refractivity contribution in [1.29, 1.82) is 0 Å². The van der Waals surface area contributed by atoms with Crippen LogP contribution in [0.3, 0.4) is 0 Å². The number of carbonyl (C=O) groups excluding carboxylic acids is 2. The highest BCUT2D eigenvalue weighted by molar-refractivity contribution is 6.88. The number of benzene rings is 1. The van der Waals surface area contributed by atoms with Crippen LogP contribution < -0.4 is 5.19 Å². The minimum absolute atomic E-state index is 0.0160. The van der Waals surface area contributed by atoms with Gasteiger partial charge in [0, 0.05) is 6.61 Å². The number of ether oxygens (including phenoxy) is 2. The van der Waals surface area contributed by atoms with E-state index in [0.29, 0.717) is 12.2 Å². The molecule has 0 radical (unpaired) electrons. The molecule has 8 heteroatoms. The van der Waals surface area contributed by atoms with Crippen LogP contribution in [0, 0.1) is 0 Å². The van der Waals surface area contributed by atoms with E-state index in [0.717, 1.165) is 0 Å². The highest BCUT2D eigenvalue weighted by Gasteiger charge is 2.17. The Kier molecular flexibility index (Phi) is 7.73. The molecule has 0 aliphatic heterocycles. The third-order valence-electron chi connectivity index (χ3n) is 2.85. The largest absolute Gasteiger partial charge is 0.543 e. The lowest BCUT2D eigenvalue weighted by molar-refractivity contribution is -0.452. The molecule has 128 valence electrons. The van der Waals surface area contributed by atoms with Gasteiger partial charge in [-0.1, -0.05) is 37.0 Å². The van der Waals surface area contributed by atoms with Crippen LogP contribution in [0.25, 0.3) is 0 Å². The molecular weight excluding hydrogens is 320 g/mol. The molecule has 0 saturated carbocycles. The van der Waals surface area contributed by atoms with Crippen LogP contribution in [0.15, 0.2) is 24.3 Å². The molecule has 0 saturated heterocycles. The summed E-state index contributed by atoms with van der Waals surface area (Å²) in [5.41, 5.74) is 0.292. The van der Waals surface area contributed by atoms with E-state index in [1.807, 2.05) is 19.1 Å². The molecular formula is C15H22O7Si. The van der Waals surface area contributed by atoms with Crippen molar-refractivity contribution in [1.82, 2.24) is 0 Å². The Morgan fingerprint density at radius 1 is 1.00 bits per heavy atom. The molecule has 1 aromatic carbocycles. The Morgan fingerprint density at radius 3 is 2.22 bits per heavy atom. The van der Waals surface area contributed by atoms with Crippen LogP contribution in [-0.4, -0.2) is 40.0 Å². The summed E-state index contributed by atoms with van der Waals surface area (Å²) >= 11 is 0. The molecule has 0 heterocycles. The maximum Gasteiger partial charge on any atom is 0.543 e. The van der Waals surface area contributed by atoms with Crippen molar-refractivity contribution in [3.63, 3.8) is 0 Å². The maximum absolute atomic E-state index is 11.7. The summed E-state index contributed by atoms with van der Waals surface area (Å²) in [5, 5.41) is 5.32. The summed E-state index contributed by atoms with van der Waals surface area (Å²) in [7, 11) is -1.43. The summed E-state index contributed by atoms with van der Waals surface area (Å²) in [6.45, 7) is 9.20. The lowest BCUT2D eigenvalue weighted by Crippen LogP contribution is -2.37. The zero-order valence-corrected chi connectivity index (χ0v) is 14.8. The van der Waals surface area contributed by atoms with Crippen molar-refractivity contribution in [3.05, 3.63) is 29.8 Å². The van der Waals surface area contributed by atoms with E-state index >= 15 is 0 Å². The SMILES string of the molecule is CCOCCOC(=O)OOOC(=O)c1ccc([Si](C)(C)C)cc1. The van der Waals surface area contributed by atoms with Gasteiger partial charge in [0.2, 0.25) is 0 Å². The molecule has 23 heavy (non-hydrogen) atoms. The normalized spacial score (nSPS) is 11.0. The van der Waals surface area contributed by atoms with E-state index < -0.39 is 20.2 Å². The second-order valence-electron chi connectivity index (χ2n) is 5.64. The monoisotopic (exact) mass is 342 g/mol. The third-order valence-corrected chi connectivity index (χ3v) is 4.92. The number of hydrogen-bond donors (Lipinski definition) is 0. The fourth-order valence-electron chi connectivity index (χ4n) is 1.58. The molecule has 7 nitrogen and oxygen atoms in total. The van der Waals surface area contributed by atoms with Gasteiger partial charge in [-0.2, -0.15) is 0 Å². The smallest absolute Gasteiger partial charge is 0.430 e. The maximum atomic E-state index is 11.7. The molecule has 0 amide bonds. The minimum Gasteiger partial charge on any atom is -0.430 e. The quantitative estimate of drug-likeness (QED) is 0.236. The lowest BCUT2D eigenvalue weighted by atomic mass is 10.2. The standard InChI is InChI=1S/C15H22O7Si/c1-5-18-10-11-19-15(17)21-22-20-14(16)12-6-8-13(9-7-12)23(2,3)4/h6-9H,5,10-11H2,1-4H3. The first-order chi connectivity index (χ1) is 10.8. The zero-order chi connectivity index (χ0) is 17.3. The summed E-state index contributed by atoms with van der Waals surface area (Å²) in [5.74, 6) is -0.769. The fourth-order valence-corrected chi connectivity index (χ4v) is 2.75. The van der Waals surface area contributed by atoms with E-state index in [9.17, 15) is 9.59 Å². The molecule has 0 bridgehead atoms. The van der Waals surface area contributed by atoms with Crippen LogP contribution in [0.2, 0.25) is 19.6 Å². The Balaban J connectivity index is 2.32. The van der Waals surface area contributed by atoms with E-state index in [1.165, 1.54) is 5.19 Å². The zero-order valence-electron chi connectivity index (χ0n) is 13.8. The molecule has 0 aliphatic carbocycles. The second kappa shape index (κ2) is 9.28. The first kappa shape index (κ1) is 19.1. The molecule has 1 aromatic rings. The van der Waals surface area contributed by atoms with E-state index in [-0.39, 0.29) is 13.2 Å². The molecule has 1 rings (SSSR count). The van der Waals surface area contributed by atoms with Gasteiger partial charge in [-0.05, 0) is 19.1 Å². The molecule has 0 aromatic heterocycles. The number of hydrogen-bond acceptors (Lipinski definition) is 7. The van der Waals surface area contributed by atoms with E-state index in [4.69, 9.17) is 4.74 Å². The second-order valence-corrected chi connectivity index (χ2v) is 10.7. The molecule has 0 spiro atoms. The van der Waals surface area contributed by atoms with Crippen molar-refractivity contribution < 1.29 is 33.9 Å². The van der Waals surface area contributed by atoms with Gasteiger partial charge in [0.05, 0.1) is 25.3 Å². The van der Waals surface area contributed by atoms with Crippen molar-refractivity contribution >= 4 is 25.4 Å². The van der Waals surface area contributed by atoms with Crippen molar-refractivity contribution in [2.24, 2.45) is 0 Å². The average molecular weight is 342 g/mol. The summed E-state index contributed by atoms with van der Waals surface area (Å²) < 4.78 is 9.55. The minimum atomic E-state index is -1.43. The van der Waals surface area contributed by atoms with Crippen LogP contribution in [0.5, 0.6) is 0 Å². The van der Waals surface area contributed by atoms with E-state index in [1.54, 1.807) is 12.1 Å². The van der Waals surface area contributed by atoms with Gasteiger partial charge in [-0.15, -0.1) is 0 Å². The van der Waals surface area contributed by atoms with Gasteiger partial charge in [0.25, 0.3) is 0 Å². The van der Waals surface area contributed by atoms with Gasteiger partial charge >= 0.3 is 12.1 Å². The number of rotatable bonds is 8. The van der Waals surface area contributed by atoms with Crippen LogP contribution in [-0.2, 0) is 24.3 Å². The van der Waals surface area contributed by atoms with Gasteiger partial charge in [-0.3, -0.25) is 4.89 Å². The van der Waals surface area contributed by atoms with Gasteiger partial charge in [-0.25, -0.2) is 14.5 Å². The molecule has 0 N–H and O–H groups in total. The summed E-state index contributed by atoms with van der Waals surface area (Å²) in [6, 6.07) is 7.04. The topological polar surface area (TPSA) is 80.3 Å². The Bertz CT molecular complexity index is 508. The van der Waals surface area contributed by atoms with Crippen LogP contribution in [0.1, 0.15) is 17.3 Å². The lowest BCUT2D eigenvalue weighted by Gasteiger charge is -2.16. The van der Waals surface area contributed by atoms with Crippen molar-refractivity contribution in [3.8, 4) is 0 Å². The Morgan fingerprint density at radius 2 is 1.65 bits per heavy atom. The summed E-state index contributed by atoms with van der Waals surface area (Å²) in [4.78, 5) is 31.3. The van der Waals surface area contributed by atoms with Gasteiger partial charge < -0.3 is 9.47 Å². The molecule has 0 unspecified atom stereocenters. The average Bonchev–Trinajstić information content (AvgIpc) is 2.51. The highest BCUT2D eigenvalue weighted by atomic mass is 28.3. The number of carbonyl (C=O) groups is 2. The Labute approximate surface area is 136 Å². The summed E-state index contributed by atoms with van der Waals surface area (Å²) in [6.07, 6.45) is -1.12.